The maximum Gasteiger partial charge on any atom is 0.416 e. The quantitative estimate of drug-likeness (QED) is 0.470. The molecule has 0 atom stereocenters. The summed E-state index contributed by atoms with van der Waals surface area (Å²) in [6.45, 7) is 4.13. The van der Waals surface area contributed by atoms with Crippen molar-refractivity contribution in [2.45, 2.75) is 56.3 Å². The number of piperidine rings is 1. The fourth-order valence-electron chi connectivity index (χ4n) is 4.09. The van der Waals surface area contributed by atoms with Gasteiger partial charge in [-0.3, -0.25) is 4.79 Å². The molecular weight excluding hydrogens is 461 g/mol. The molecule has 0 bridgehead atoms. The Balaban J connectivity index is 1.53. The van der Waals surface area contributed by atoms with Gasteiger partial charge in [-0.05, 0) is 49.8 Å². The summed E-state index contributed by atoms with van der Waals surface area (Å²) in [4.78, 5) is 24.9. The number of esters is 1. The lowest BCUT2D eigenvalue weighted by Crippen LogP contribution is -2.51. The van der Waals surface area contributed by atoms with E-state index in [-0.39, 0.29) is 25.1 Å². The molecule has 1 aromatic carbocycles. The van der Waals surface area contributed by atoms with E-state index in [1.165, 1.54) is 16.4 Å². The molecule has 33 heavy (non-hydrogen) atoms. The third-order valence-electron chi connectivity index (χ3n) is 6.16. The van der Waals surface area contributed by atoms with Crippen LogP contribution < -0.4 is 5.32 Å². The highest BCUT2D eigenvalue weighted by Gasteiger charge is 2.41. The molecule has 0 spiro atoms. The van der Waals surface area contributed by atoms with Crippen LogP contribution in [0.3, 0.4) is 0 Å². The zero-order valence-electron chi connectivity index (χ0n) is 18.3. The van der Waals surface area contributed by atoms with Crippen LogP contribution in [0.1, 0.15) is 49.7 Å². The number of carbonyl (C=O) groups excluding carboxylic acids is 2. The van der Waals surface area contributed by atoms with Crippen molar-refractivity contribution in [3.63, 3.8) is 0 Å². The van der Waals surface area contributed by atoms with Crippen LogP contribution in [0.4, 0.5) is 13.2 Å². The molecule has 7 nitrogen and oxygen atoms in total. The normalized spacial score (nSPS) is 19.4. The van der Waals surface area contributed by atoms with Crippen LogP contribution in [0.25, 0.3) is 0 Å². The number of sulfonamides is 1. The number of benzene rings is 1. The number of hydrogen-bond acceptors (Lipinski definition) is 5. The van der Waals surface area contributed by atoms with Gasteiger partial charge in [-0.2, -0.15) is 13.2 Å². The Morgan fingerprint density at radius 3 is 2.21 bits per heavy atom. The van der Waals surface area contributed by atoms with E-state index < -0.39 is 45.3 Å². The van der Waals surface area contributed by atoms with Gasteiger partial charge in [-0.15, -0.1) is 0 Å². The SMILES string of the molecule is C=C(CC(=O)NC1(c2ccc(C(F)(F)F)cc2)CCC1)C(=O)OC1CCN(S(C)(=O)=O)CC1. The van der Waals surface area contributed by atoms with Gasteiger partial charge < -0.3 is 10.1 Å². The van der Waals surface area contributed by atoms with Gasteiger partial charge in [0, 0.05) is 18.7 Å². The second kappa shape index (κ2) is 9.46. The Bertz CT molecular complexity index is 1010. The molecule has 0 aromatic heterocycles. The van der Waals surface area contributed by atoms with Gasteiger partial charge in [0.1, 0.15) is 6.10 Å². The number of halogens is 3. The first-order valence-electron chi connectivity index (χ1n) is 10.6. The second-order valence-corrected chi connectivity index (χ2v) is 10.6. The van der Waals surface area contributed by atoms with E-state index in [0.29, 0.717) is 31.2 Å². The largest absolute Gasteiger partial charge is 0.459 e. The molecule has 182 valence electrons. The molecule has 1 N–H and O–H groups in total. The maximum atomic E-state index is 12.8. The minimum Gasteiger partial charge on any atom is -0.459 e. The molecule has 1 saturated heterocycles. The second-order valence-electron chi connectivity index (χ2n) is 8.61. The number of alkyl halides is 3. The molecule has 1 heterocycles. The summed E-state index contributed by atoms with van der Waals surface area (Å²) in [5.41, 5.74) is -0.976. The number of amides is 1. The van der Waals surface area contributed by atoms with Gasteiger partial charge in [0.25, 0.3) is 0 Å². The topological polar surface area (TPSA) is 92.8 Å². The van der Waals surface area contributed by atoms with E-state index in [1.54, 1.807) is 0 Å². The zero-order valence-corrected chi connectivity index (χ0v) is 19.1. The average molecular weight is 489 g/mol. The molecule has 1 aliphatic carbocycles. The third-order valence-corrected chi connectivity index (χ3v) is 7.46. The van der Waals surface area contributed by atoms with Crippen LogP contribution in [-0.2, 0) is 36.1 Å². The van der Waals surface area contributed by atoms with Gasteiger partial charge >= 0.3 is 12.1 Å². The van der Waals surface area contributed by atoms with Gasteiger partial charge in [-0.25, -0.2) is 17.5 Å². The average Bonchev–Trinajstić information content (AvgIpc) is 2.70. The van der Waals surface area contributed by atoms with Crippen molar-refractivity contribution >= 4 is 21.9 Å². The van der Waals surface area contributed by atoms with Crippen LogP contribution in [0.5, 0.6) is 0 Å². The van der Waals surface area contributed by atoms with Crippen molar-refractivity contribution in [3.05, 3.63) is 47.5 Å². The minimum absolute atomic E-state index is 0.0417. The number of carbonyl (C=O) groups is 2. The molecule has 3 rings (SSSR count). The molecule has 1 amide bonds. The van der Waals surface area contributed by atoms with E-state index >= 15 is 0 Å². The van der Waals surface area contributed by atoms with Gasteiger partial charge in [0.15, 0.2) is 0 Å². The number of hydrogen-bond donors (Lipinski definition) is 1. The van der Waals surface area contributed by atoms with Crippen LogP contribution in [0.15, 0.2) is 36.4 Å². The van der Waals surface area contributed by atoms with E-state index in [4.69, 9.17) is 4.74 Å². The highest BCUT2D eigenvalue weighted by molar-refractivity contribution is 7.88. The first kappa shape index (κ1) is 25.2. The molecular formula is C22H27F3N2O5S. The Kier molecular flexibility index (Phi) is 7.23. The van der Waals surface area contributed by atoms with Crippen molar-refractivity contribution in [2.75, 3.05) is 19.3 Å². The number of nitrogens with zero attached hydrogens (tertiary/aromatic N) is 1. The molecule has 1 aliphatic heterocycles. The Morgan fingerprint density at radius 2 is 1.76 bits per heavy atom. The summed E-state index contributed by atoms with van der Waals surface area (Å²) >= 11 is 0. The van der Waals surface area contributed by atoms with Crippen molar-refractivity contribution in [1.82, 2.24) is 9.62 Å². The lowest BCUT2D eigenvalue weighted by Gasteiger charge is -2.43. The Hall–Kier alpha value is -2.40. The number of rotatable bonds is 7. The van der Waals surface area contributed by atoms with Crippen LogP contribution in [-0.4, -0.2) is 50.0 Å². The summed E-state index contributed by atoms with van der Waals surface area (Å²) in [6, 6.07) is 4.72. The molecule has 0 unspecified atom stereocenters. The molecule has 2 fully saturated rings. The summed E-state index contributed by atoms with van der Waals surface area (Å²) in [5.74, 6) is -1.19. The molecule has 2 aliphatic rings. The maximum absolute atomic E-state index is 12.8. The smallest absolute Gasteiger partial charge is 0.416 e. The van der Waals surface area contributed by atoms with E-state index in [1.807, 2.05) is 0 Å². The van der Waals surface area contributed by atoms with Crippen LogP contribution in [0, 0.1) is 0 Å². The fraction of sp³-hybridized carbons (Fsp3) is 0.545. The lowest BCUT2D eigenvalue weighted by atomic mass is 9.71. The molecule has 11 heteroatoms. The molecule has 1 aromatic rings. The van der Waals surface area contributed by atoms with Gasteiger partial charge in [0.2, 0.25) is 15.9 Å². The number of nitrogens with one attached hydrogen (secondary N) is 1. The summed E-state index contributed by atoms with van der Waals surface area (Å²) in [7, 11) is -3.29. The van der Waals surface area contributed by atoms with E-state index in [0.717, 1.165) is 24.8 Å². The minimum atomic E-state index is -4.44. The van der Waals surface area contributed by atoms with E-state index in [2.05, 4.69) is 11.9 Å². The van der Waals surface area contributed by atoms with Gasteiger partial charge in [-0.1, -0.05) is 18.7 Å². The number of ether oxygens (including phenoxy) is 1. The zero-order chi connectivity index (χ0) is 24.4. The van der Waals surface area contributed by atoms with Crippen molar-refractivity contribution in [1.29, 1.82) is 0 Å². The summed E-state index contributed by atoms with van der Waals surface area (Å²) < 4.78 is 68.3. The highest BCUT2D eigenvalue weighted by atomic mass is 32.2. The predicted octanol–water partition coefficient (Wildman–Crippen LogP) is 3.11. The first-order valence-corrected chi connectivity index (χ1v) is 12.5. The fourth-order valence-corrected chi connectivity index (χ4v) is 4.96. The van der Waals surface area contributed by atoms with Crippen molar-refractivity contribution in [2.24, 2.45) is 0 Å². The Morgan fingerprint density at radius 1 is 1.18 bits per heavy atom. The summed E-state index contributed by atoms with van der Waals surface area (Å²) in [6.07, 6.45) is -1.38. The van der Waals surface area contributed by atoms with Crippen LogP contribution >= 0.6 is 0 Å². The molecule has 1 saturated carbocycles. The van der Waals surface area contributed by atoms with E-state index in [9.17, 15) is 31.2 Å². The van der Waals surface area contributed by atoms with Gasteiger partial charge in [0.05, 0.1) is 23.8 Å². The van der Waals surface area contributed by atoms with Crippen molar-refractivity contribution in [3.8, 4) is 0 Å². The monoisotopic (exact) mass is 488 g/mol. The third kappa shape index (κ3) is 6.14. The predicted molar refractivity (Wildman–Crippen MR) is 114 cm³/mol. The molecule has 0 radical (unpaired) electrons. The standard InChI is InChI=1S/C22H27F3N2O5S/c1-15(20(29)32-18-8-12-27(13-9-18)33(2,30)31)14-19(28)26-21(10-3-11-21)16-4-6-17(7-5-16)22(23,24)25/h4-7,18H,1,3,8-14H2,2H3,(H,26,28). The summed E-state index contributed by atoms with van der Waals surface area (Å²) in [5, 5.41) is 2.85. The lowest BCUT2D eigenvalue weighted by molar-refractivity contribution is -0.146. The van der Waals surface area contributed by atoms with Crippen molar-refractivity contribution < 1.29 is 35.9 Å². The highest BCUT2D eigenvalue weighted by Crippen LogP contribution is 2.42. The Labute approximate surface area is 191 Å². The van der Waals surface area contributed by atoms with Crippen LogP contribution in [0.2, 0.25) is 0 Å². The first-order chi connectivity index (χ1) is 15.3.